The average molecular weight is 567 g/mol. The molecule has 1 fully saturated rings. The van der Waals surface area contributed by atoms with Crippen molar-refractivity contribution in [3.8, 4) is 0 Å². The van der Waals surface area contributed by atoms with Crippen LogP contribution in [0, 0.1) is 17.8 Å². The molecule has 6 heteroatoms. The molecule has 0 amide bonds. The topological polar surface area (TPSA) is 107 Å². The van der Waals surface area contributed by atoms with Crippen LogP contribution >= 0.6 is 0 Å². The molecule has 0 heterocycles. The van der Waals surface area contributed by atoms with Gasteiger partial charge in [-0.15, -0.1) is 0 Å². The van der Waals surface area contributed by atoms with E-state index in [2.05, 4.69) is 0 Å². The predicted octanol–water partition coefficient (Wildman–Crippen LogP) is 4.31. The number of fused-ring (bicyclic) bond motifs is 3. The van der Waals surface area contributed by atoms with Crippen LogP contribution in [-0.4, -0.2) is 56.2 Å². The fourth-order valence-corrected chi connectivity index (χ4v) is 7.63. The van der Waals surface area contributed by atoms with Gasteiger partial charge in [0.25, 0.3) is 0 Å². The van der Waals surface area contributed by atoms with Crippen molar-refractivity contribution in [2.24, 2.45) is 17.8 Å². The molecule has 0 aromatic heterocycles. The highest BCUT2D eigenvalue weighted by atomic mass is 16.5. The molecule has 4 N–H and O–H groups in total. The summed E-state index contributed by atoms with van der Waals surface area (Å²) in [6.07, 6.45) is 1.03. The van der Waals surface area contributed by atoms with Crippen molar-refractivity contribution >= 4 is 5.78 Å². The third-order valence-electron chi connectivity index (χ3n) is 9.80. The number of hydrogen-bond donors (Lipinski definition) is 4. The minimum absolute atomic E-state index is 0.00379. The number of ketones is 1. The minimum Gasteiger partial charge on any atom is -0.388 e. The molecule has 3 aliphatic carbocycles. The Morgan fingerprint density at radius 3 is 1.83 bits per heavy atom. The molecule has 1 unspecified atom stereocenters. The molecule has 0 bridgehead atoms. The van der Waals surface area contributed by atoms with Gasteiger partial charge in [0, 0.05) is 12.3 Å². The van der Waals surface area contributed by atoms with E-state index in [1.54, 1.807) is 26.0 Å². The van der Waals surface area contributed by atoms with Crippen LogP contribution in [-0.2, 0) is 15.1 Å². The Labute approximate surface area is 246 Å². The fraction of sp³-hybridized carbons (Fsp3) is 0.361. The zero-order valence-electron chi connectivity index (χ0n) is 23.9. The van der Waals surface area contributed by atoms with Crippen LogP contribution in [0.25, 0.3) is 0 Å². The lowest BCUT2D eigenvalue weighted by Gasteiger charge is -2.50. The number of rotatable bonds is 6. The average Bonchev–Trinajstić information content (AvgIpc) is 3.17. The molecule has 42 heavy (non-hydrogen) atoms. The van der Waals surface area contributed by atoms with Gasteiger partial charge in [0.05, 0.1) is 18.1 Å². The van der Waals surface area contributed by atoms with Gasteiger partial charge in [-0.3, -0.25) is 4.79 Å². The van der Waals surface area contributed by atoms with Crippen LogP contribution in [0.1, 0.15) is 43.4 Å². The van der Waals surface area contributed by atoms with E-state index in [0.29, 0.717) is 11.1 Å². The zero-order valence-corrected chi connectivity index (χ0v) is 23.9. The highest BCUT2D eigenvalue weighted by Crippen LogP contribution is 2.55. The molecule has 6 nitrogen and oxygen atoms in total. The standard InChI is InChI=1S/C36H38O6/c1-23-18-31-34(40,33(23)39)21-25(20-29-32(38)30(37)19-24(2)35(29,31)41)22-42-36(26-12-6-3-7-13-26,27-14-8-4-9-15-27)28-16-10-5-11-17-28/h3-18,20,24,29-31,33,37,39-41H,19,21-22H2,1-2H3/t24-,29+,30?,31-,33+,34-,35-/m1/s1. The molecule has 218 valence electrons. The summed E-state index contributed by atoms with van der Waals surface area (Å²) in [5.41, 5.74) is -0.624. The molecule has 6 rings (SSSR count). The lowest BCUT2D eigenvalue weighted by molar-refractivity contribution is -0.190. The van der Waals surface area contributed by atoms with Crippen molar-refractivity contribution in [1.82, 2.24) is 0 Å². The Kier molecular flexibility index (Phi) is 7.32. The lowest BCUT2D eigenvalue weighted by Crippen LogP contribution is -2.63. The SMILES string of the molecule is CC1=C[C@@H]2[C@](O)(CC(COC(c3ccccc3)(c3ccccc3)c3ccccc3)=C[C@H]3C(=O)C(O)C[C@@H](C)[C@]23O)[C@H]1O. The van der Waals surface area contributed by atoms with E-state index in [1.807, 2.05) is 91.0 Å². The number of benzene rings is 3. The van der Waals surface area contributed by atoms with Crippen LogP contribution in [0.15, 0.2) is 114 Å². The second-order valence-electron chi connectivity index (χ2n) is 12.3. The summed E-state index contributed by atoms with van der Waals surface area (Å²) in [5.74, 6) is -2.95. The van der Waals surface area contributed by atoms with E-state index in [-0.39, 0.29) is 19.4 Å². The summed E-state index contributed by atoms with van der Waals surface area (Å²) in [7, 11) is 0. The van der Waals surface area contributed by atoms with Gasteiger partial charge in [0.2, 0.25) is 0 Å². The molecule has 0 spiro atoms. The molecule has 3 aromatic carbocycles. The molecule has 0 aliphatic heterocycles. The number of carbonyl (C=O) groups excluding carboxylic acids is 1. The van der Waals surface area contributed by atoms with E-state index in [9.17, 15) is 25.2 Å². The predicted molar refractivity (Wildman–Crippen MR) is 159 cm³/mol. The molecular formula is C36H38O6. The second-order valence-corrected chi connectivity index (χ2v) is 12.3. The molecule has 0 radical (unpaired) electrons. The Bertz CT molecular complexity index is 1400. The number of aliphatic hydroxyl groups is 4. The van der Waals surface area contributed by atoms with Gasteiger partial charge in [-0.05, 0) is 47.1 Å². The molecule has 7 atom stereocenters. The highest BCUT2D eigenvalue weighted by molar-refractivity contribution is 5.89. The van der Waals surface area contributed by atoms with E-state index >= 15 is 0 Å². The Balaban J connectivity index is 1.49. The number of ether oxygens (including phenoxy) is 1. The van der Waals surface area contributed by atoms with E-state index < -0.39 is 52.5 Å². The van der Waals surface area contributed by atoms with Crippen LogP contribution in [0.4, 0.5) is 0 Å². The van der Waals surface area contributed by atoms with E-state index in [1.165, 1.54) is 0 Å². The molecular weight excluding hydrogens is 528 g/mol. The van der Waals surface area contributed by atoms with Crippen molar-refractivity contribution in [3.63, 3.8) is 0 Å². The smallest absolute Gasteiger partial charge is 0.171 e. The van der Waals surface area contributed by atoms with Crippen LogP contribution in [0.2, 0.25) is 0 Å². The highest BCUT2D eigenvalue weighted by Gasteiger charge is 2.65. The molecule has 3 aromatic rings. The zero-order chi connectivity index (χ0) is 29.7. The maximum Gasteiger partial charge on any atom is 0.171 e. The quantitative estimate of drug-likeness (QED) is 0.262. The fourth-order valence-electron chi connectivity index (χ4n) is 7.63. The third kappa shape index (κ3) is 4.32. The van der Waals surface area contributed by atoms with Gasteiger partial charge in [-0.1, -0.05) is 110 Å². The summed E-state index contributed by atoms with van der Waals surface area (Å²) < 4.78 is 7.01. The van der Waals surface area contributed by atoms with Crippen LogP contribution in [0.5, 0.6) is 0 Å². The first-order valence-corrected chi connectivity index (χ1v) is 14.7. The molecule has 1 saturated carbocycles. The van der Waals surface area contributed by atoms with Crippen LogP contribution < -0.4 is 0 Å². The van der Waals surface area contributed by atoms with Crippen molar-refractivity contribution in [1.29, 1.82) is 0 Å². The maximum atomic E-state index is 13.5. The van der Waals surface area contributed by atoms with E-state index in [4.69, 9.17) is 4.74 Å². The van der Waals surface area contributed by atoms with Gasteiger partial charge < -0.3 is 25.2 Å². The van der Waals surface area contributed by atoms with Gasteiger partial charge in [-0.2, -0.15) is 0 Å². The first-order chi connectivity index (χ1) is 20.1. The Hall–Kier alpha value is -3.39. The monoisotopic (exact) mass is 566 g/mol. The number of carbonyl (C=O) groups is 1. The van der Waals surface area contributed by atoms with Gasteiger partial charge in [0.1, 0.15) is 23.4 Å². The first-order valence-electron chi connectivity index (χ1n) is 14.7. The summed E-state index contributed by atoms with van der Waals surface area (Å²) in [5, 5.41) is 46.2. The summed E-state index contributed by atoms with van der Waals surface area (Å²) in [4.78, 5) is 13.5. The summed E-state index contributed by atoms with van der Waals surface area (Å²) >= 11 is 0. The van der Waals surface area contributed by atoms with Gasteiger partial charge in [-0.25, -0.2) is 0 Å². The van der Waals surface area contributed by atoms with Gasteiger partial charge >= 0.3 is 0 Å². The van der Waals surface area contributed by atoms with Crippen LogP contribution in [0.3, 0.4) is 0 Å². The lowest BCUT2D eigenvalue weighted by atomic mass is 9.59. The van der Waals surface area contributed by atoms with Gasteiger partial charge in [0.15, 0.2) is 5.78 Å². The Morgan fingerprint density at radius 1 is 0.833 bits per heavy atom. The minimum atomic E-state index is -1.74. The Morgan fingerprint density at radius 2 is 1.33 bits per heavy atom. The molecule has 0 saturated heterocycles. The van der Waals surface area contributed by atoms with Crippen molar-refractivity contribution in [2.75, 3.05) is 6.61 Å². The first kappa shape index (κ1) is 28.7. The number of aliphatic hydroxyl groups excluding tert-OH is 2. The second kappa shape index (κ2) is 10.7. The van der Waals surface area contributed by atoms with E-state index in [0.717, 1.165) is 16.7 Å². The maximum absolute atomic E-state index is 13.5. The van der Waals surface area contributed by atoms with Crippen molar-refractivity contribution in [3.05, 3.63) is 131 Å². The number of Topliss-reactive ketones (excluding diaryl/α,β-unsaturated/α-hetero) is 1. The largest absolute Gasteiger partial charge is 0.388 e. The summed E-state index contributed by atoms with van der Waals surface area (Å²) in [6, 6.07) is 29.7. The normalized spacial score (nSPS) is 32.8. The summed E-state index contributed by atoms with van der Waals surface area (Å²) in [6.45, 7) is 3.52. The van der Waals surface area contributed by atoms with Crippen molar-refractivity contribution in [2.45, 2.75) is 55.7 Å². The third-order valence-corrected chi connectivity index (χ3v) is 9.80. The van der Waals surface area contributed by atoms with Crippen molar-refractivity contribution < 1.29 is 30.0 Å². The number of hydrogen-bond acceptors (Lipinski definition) is 6. The molecule has 3 aliphatic rings.